The molecule has 0 saturated heterocycles. The van der Waals surface area contributed by atoms with Crippen molar-refractivity contribution >= 4 is 10.9 Å². The number of methoxy groups -OCH3 is 1. The van der Waals surface area contributed by atoms with Gasteiger partial charge >= 0.3 is 0 Å². The van der Waals surface area contributed by atoms with Gasteiger partial charge in [-0.1, -0.05) is 24.3 Å². The molecular weight excluding hydrogens is 234 g/mol. The van der Waals surface area contributed by atoms with Gasteiger partial charge in [0.05, 0.1) is 7.11 Å². The molecule has 0 bridgehead atoms. The lowest BCUT2D eigenvalue weighted by molar-refractivity contribution is 0.412. The summed E-state index contributed by atoms with van der Waals surface area (Å²) >= 11 is 0. The highest BCUT2D eigenvalue weighted by atomic mass is 16.5. The smallest absolute Gasteiger partial charge is 0.122 e. The van der Waals surface area contributed by atoms with Gasteiger partial charge in [0.15, 0.2) is 0 Å². The highest BCUT2D eigenvalue weighted by Crippen LogP contribution is 2.44. The Morgan fingerprint density at radius 2 is 1.95 bits per heavy atom. The van der Waals surface area contributed by atoms with E-state index in [-0.39, 0.29) is 0 Å². The normalized spacial score (nSPS) is 12.5. The van der Waals surface area contributed by atoms with Gasteiger partial charge in [0.2, 0.25) is 0 Å². The zero-order chi connectivity index (χ0) is 13.0. The predicted molar refractivity (Wildman–Crippen MR) is 77.8 cm³/mol. The van der Waals surface area contributed by atoms with Crippen LogP contribution >= 0.6 is 0 Å². The number of nitrogens with one attached hydrogen (secondary N) is 1. The van der Waals surface area contributed by atoms with Gasteiger partial charge in [-0.05, 0) is 30.2 Å². The molecule has 0 aliphatic heterocycles. The summed E-state index contributed by atoms with van der Waals surface area (Å²) in [5.41, 5.74) is 7.88. The van der Waals surface area contributed by atoms with Crippen LogP contribution in [0, 0.1) is 6.92 Å². The van der Waals surface area contributed by atoms with E-state index in [1.54, 1.807) is 7.11 Å². The van der Waals surface area contributed by atoms with E-state index in [2.05, 4.69) is 42.2 Å². The molecule has 0 unspecified atom stereocenters. The van der Waals surface area contributed by atoms with E-state index >= 15 is 0 Å². The highest BCUT2D eigenvalue weighted by Gasteiger charge is 2.24. The maximum atomic E-state index is 5.46. The van der Waals surface area contributed by atoms with Crippen molar-refractivity contribution in [1.82, 2.24) is 4.98 Å². The van der Waals surface area contributed by atoms with Crippen LogP contribution in [0.5, 0.6) is 5.75 Å². The van der Waals surface area contributed by atoms with Crippen LogP contribution in [0.2, 0.25) is 0 Å². The largest absolute Gasteiger partial charge is 0.496 e. The van der Waals surface area contributed by atoms with Crippen LogP contribution in [0.25, 0.3) is 22.0 Å². The average molecular weight is 249 g/mol. The lowest BCUT2D eigenvalue weighted by atomic mass is 10.0. The maximum absolute atomic E-state index is 5.46. The molecule has 19 heavy (non-hydrogen) atoms. The standard InChI is InChI=1S/C17H15NO/c1-10-15(19-2)8-7-13-16(10)17-12-6-4-3-5-11(12)9-14(17)18-13/h3-8,18H,9H2,1-2H3. The number of rotatable bonds is 1. The highest BCUT2D eigenvalue weighted by molar-refractivity contribution is 6.03. The molecule has 2 nitrogen and oxygen atoms in total. The van der Waals surface area contributed by atoms with E-state index in [4.69, 9.17) is 4.74 Å². The second-order valence-electron chi connectivity index (χ2n) is 5.13. The Morgan fingerprint density at radius 3 is 2.79 bits per heavy atom. The van der Waals surface area contributed by atoms with Gasteiger partial charge in [-0.2, -0.15) is 0 Å². The molecule has 1 aliphatic carbocycles. The summed E-state index contributed by atoms with van der Waals surface area (Å²) in [5.74, 6) is 0.957. The van der Waals surface area contributed by atoms with E-state index in [1.807, 2.05) is 6.07 Å². The van der Waals surface area contributed by atoms with E-state index in [0.29, 0.717) is 0 Å². The summed E-state index contributed by atoms with van der Waals surface area (Å²) in [6.07, 6.45) is 1.00. The van der Waals surface area contributed by atoms with E-state index < -0.39 is 0 Å². The molecule has 94 valence electrons. The van der Waals surface area contributed by atoms with Crippen LogP contribution in [0.3, 0.4) is 0 Å². The molecule has 2 aromatic carbocycles. The molecule has 0 atom stereocenters. The Balaban J connectivity index is 2.12. The predicted octanol–water partition coefficient (Wildman–Crippen LogP) is 4.06. The first kappa shape index (κ1) is 10.7. The zero-order valence-corrected chi connectivity index (χ0v) is 11.1. The topological polar surface area (TPSA) is 25.0 Å². The number of hydrogen-bond acceptors (Lipinski definition) is 1. The number of fused-ring (bicyclic) bond motifs is 5. The Bertz CT molecular complexity index is 798. The molecule has 4 rings (SSSR count). The SMILES string of the molecule is COc1ccc2[nH]c3c(c2c1C)-c1ccccc1C3. The van der Waals surface area contributed by atoms with Crippen molar-refractivity contribution in [3.05, 3.63) is 53.2 Å². The zero-order valence-electron chi connectivity index (χ0n) is 11.1. The van der Waals surface area contributed by atoms with Crippen LogP contribution in [-0.4, -0.2) is 12.1 Å². The molecule has 0 spiro atoms. The second-order valence-corrected chi connectivity index (χ2v) is 5.13. The molecule has 0 fully saturated rings. The molecule has 1 heterocycles. The van der Waals surface area contributed by atoms with Crippen molar-refractivity contribution in [2.24, 2.45) is 0 Å². The first-order chi connectivity index (χ1) is 9.29. The van der Waals surface area contributed by atoms with Gasteiger partial charge in [0, 0.05) is 34.1 Å². The van der Waals surface area contributed by atoms with Crippen molar-refractivity contribution in [1.29, 1.82) is 0 Å². The van der Waals surface area contributed by atoms with Crippen LogP contribution in [0.4, 0.5) is 0 Å². The van der Waals surface area contributed by atoms with Gasteiger partial charge in [-0.15, -0.1) is 0 Å². The van der Waals surface area contributed by atoms with Crippen molar-refractivity contribution in [2.45, 2.75) is 13.3 Å². The minimum Gasteiger partial charge on any atom is -0.496 e. The van der Waals surface area contributed by atoms with Crippen molar-refractivity contribution < 1.29 is 4.74 Å². The summed E-state index contributed by atoms with van der Waals surface area (Å²) < 4.78 is 5.46. The Hall–Kier alpha value is -2.22. The summed E-state index contributed by atoms with van der Waals surface area (Å²) in [7, 11) is 1.73. The van der Waals surface area contributed by atoms with E-state index in [1.165, 1.54) is 38.9 Å². The minimum absolute atomic E-state index is 0.957. The third-order valence-electron chi connectivity index (χ3n) is 4.13. The van der Waals surface area contributed by atoms with Gasteiger partial charge in [-0.25, -0.2) is 0 Å². The second kappa shape index (κ2) is 3.64. The van der Waals surface area contributed by atoms with Crippen LogP contribution < -0.4 is 4.74 Å². The molecular formula is C17H15NO. The number of aromatic nitrogens is 1. The molecule has 1 N–H and O–H groups in total. The lowest BCUT2D eigenvalue weighted by Crippen LogP contribution is -1.88. The number of hydrogen-bond donors (Lipinski definition) is 1. The third kappa shape index (κ3) is 1.31. The van der Waals surface area contributed by atoms with Crippen molar-refractivity contribution in [3.63, 3.8) is 0 Å². The maximum Gasteiger partial charge on any atom is 0.122 e. The van der Waals surface area contributed by atoms with Crippen molar-refractivity contribution in [3.8, 4) is 16.9 Å². The van der Waals surface area contributed by atoms with Crippen LogP contribution in [0.15, 0.2) is 36.4 Å². The number of aryl methyl sites for hydroxylation is 1. The lowest BCUT2D eigenvalue weighted by Gasteiger charge is -2.07. The monoisotopic (exact) mass is 249 g/mol. The number of ether oxygens (including phenoxy) is 1. The van der Waals surface area contributed by atoms with Gasteiger partial charge < -0.3 is 9.72 Å². The average Bonchev–Trinajstić information content (AvgIpc) is 2.94. The molecule has 1 aliphatic rings. The van der Waals surface area contributed by atoms with Crippen LogP contribution in [-0.2, 0) is 6.42 Å². The number of benzene rings is 2. The Kier molecular flexibility index (Phi) is 2.05. The fourth-order valence-corrected chi connectivity index (χ4v) is 3.25. The fourth-order valence-electron chi connectivity index (χ4n) is 3.25. The van der Waals surface area contributed by atoms with Crippen LogP contribution in [0.1, 0.15) is 16.8 Å². The van der Waals surface area contributed by atoms with Gasteiger partial charge in [-0.3, -0.25) is 0 Å². The first-order valence-electron chi connectivity index (χ1n) is 6.56. The molecule has 0 amide bonds. The molecule has 0 radical (unpaired) electrons. The molecule has 2 heteroatoms. The number of aromatic amines is 1. The van der Waals surface area contributed by atoms with Gasteiger partial charge in [0.1, 0.15) is 5.75 Å². The molecule has 0 saturated carbocycles. The molecule has 3 aromatic rings. The quantitative estimate of drug-likeness (QED) is 0.540. The van der Waals surface area contributed by atoms with E-state index in [9.17, 15) is 0 Å². The summed E-state index contributed by atoms with van der Waals surface area (Å²) in [6, 6.07) is 12.8. The summed E-state index contributed by atoms with van der Waals surface area (Å²) in [4.78, 5) is 3.56. The Morgan fingerprint density at radius 1 is 1.11 bits per heavy atom. The summed E-state index contributed by atoms with van der Waals surface area (Å²) in [6.45, 7) is 2.14. The fraction of sp³-hybridized carbons (Fsp3) is 0.176. The number of H-pyrrole nitrogens is 1. The Labute approximate surface area is 112 Å². The first-order valence-corrected chi connectivity index (χ1v) is 6.56. The summed E-state index contributed by atoms with van der Waals surface area (Å²) in [5, 5.41) is 1.30. The third-order valence-corrected chi connectivity index (χ3v) is 4.13. The minimum atomic E-state index is 0.957. The van der Waals surface area contributed by atoms with Gasteiger partial charge in [0.25, 0.3) is 0 Å². The van der Waals surface area contributed by atoms with E-state index in [0.717, 1.165) is 12.2 Å². The molecule has 1 aromatic heterocycles. The van der Waals surface area contributed by atoms with Crippen molar-refractivity contribution in [2.75, 3.05) is 7.11 Å².